The molecule has 1 aliphatic carbocycles. The predicted octanol–water partition coefficient (Wildman–Crippen LogP) is 3.09. The Morgan fingerprint density at radius 1 is 1.16 bits per heavy atom. The zero-order chi connectivity index (χ0) is 23.0. The Balaban J connectivity index is 1.42. The van der Waals surface area contributed by atoms with Crippen LogP contribution in [0.4, 0.5) is 14.5 Å². The monoisotopic (exact) mass is 443 g/mol. The summed E-state index contributed by atoms with van der Waals surface area (Å²) in [5, 5.41) is 15.5. The van der Waals surface area contributed by atoms with Crippen LogP contribution in [0.5, 0.6) is 5.75 Å². The fourth-order valence-electron chi connectivity index (χ4n) is 5.02. The predicted molar refractivity (Wildman–Crippen MR) is 116 cm³/mol. The van der Waals surface area contributed by atoms with E-state index in [1.165, 1.54) is 5.56 Å². The summed E-state index contributed by atoms with van der Waals surface area (Å²) >= 11 is 0. The first-order valence-corrected chi connectivity index (χ1v) is 10.7. The Hall–Kier alpha value is -3.00. The van der Waals surface area contributed by atoms with Gasteiger partial charge < -0.3 is 20.6 Å². The fraction of sp³-hybridized carbons (Fsp3) is 0.417. The molecule has 2 aromatic carbocycles. The van der Waals surface area contributed by atoms with Gasteiger partial charge in [-0.3, -0.25) is 9.59 Å². The number of anilines is 1. The Kier molecular flexibility index (Phi) is 5.90. The molecule has 0 radical (unpaired) electrons. The van der Waals surface area contributed by atoms with E-state index < -0.39 is 17.5 Å². The quantitative estimate of drug-likeness (QED) is 0.664. The Morgan fingerprint density at radius 2 is 1.91 bits per heavy atom. The topological polar surface area (TPSA) is 81.7 Å². The number of hydrogen-bond donors (Lipinski definition) is 3. The van der Waals surface area contributed by atoms with Crippen molar-refractivity contribution in [1.82, 2.24) is 10.2 Å². The molecular formula is C24H27F2N3O3. The average molecular weight is 443 g/mol. The average Bonchev–Trinajstić information content (AvgIpc) is 2.74. The second kappa shape index (κ2) is 8.50. The van der Waals surface area contributed by atoms with E-state index in [1.807, 2.05) is 13.1 Å². The van der Waals surface area contributed by atoms with Crippen LogP contribution in [-0.2, 0) is 21.4 Å². The van der Waals surface area contributed by atoms with E-state index in [2.05, 4.69) is 22.5 Å². The van der Waals surface area contributed by atoms with E-state index in [4.69, 9.17) is 0 Å². The summed E-state index contributed by atoms with van der Waals surface area (Å²) in [5.74, 6) is -2.17. The van der Waals surface area contributed by atoms with Gasteiger partial charge in [0.05, 0.1) is 11.7 Å². The molecule has 2 amide bonds. The lowest BCUT2D eigenvalue weighted by Gasteiger charge is -2.54. The number of phenolic OH excluding ortho intramolecular Hbond substituents is 1. The SMILES string of the molecule is CN1CCC2(C)c3cc(O)ccc3C[C@@H]1[C@@H]2NC(=O)CCC(=O)Nc1ccc(F)cc1F. The third-order valence-corrected chi connectivity index (χ3v) is 6.86. The summed E-state index contributed by atoms with van der Waals surface area (Å²) in [6, 6.07) is 8.27. The van der Waals surface area contributed by atoms with E-state index in [0.717, 1.165) is 37.1 Å². The van der Waals surface area contributed by atoms with Gasteiger partial charge in [-0.05, 0) is 61.8 Å². The molecule has 8 heteroatoms. The van der Waals surface area contributed by atoms with Crippen molar-refractivity contribution in [3.63, 3.8) is 0 Å². The van der Waals surface area contributed by atoms with Crippen LogP contribution in [0.15, 0.2) is 36.4 Å². The number of carbonyl (C=O) groups is 2. The summed E-state index contributed by atoms with van der Waals surface area (Å²) in [7, 11) is 2.04. The number of likely N-dealkylation sites (N-methyl/N-ethyl adjacent to an activating group) is 1. The van der Waals surface area contributed by atoms with Gasteiger partial charge in [0.15, 0.2) is 0 Å². The minimum atomic E-state index is -0.865. The van der Waals surface area contributed by atoms with Gasteiger partial charge in [-0.25, -0.2) is 8.78 Å². The van der Waals surface area contributed by atoms with Crippen molar-refractivity contribution in [1.29, 1.82) is 0 Å². The number of nitrogens with one attached hydrogen (secondary N) is 2. The number of fused-ring (bicyclic) bond motifs is 4. The molecule has 1 fully saturated rings. The second-order valence-corrected chi connectivity index (χ2v) is 8.98. The van der Waals surface area contributed by atoms with E-state index in [0.29, 0.717) is 6.07 Å². The zero-order valence-corrected chi connectivity index (χ0v) is 18.1. The number of hydrogen-bond acceptors (Lipinski definition) is 4. The molecule has 1 unspecified atom stereocenters. The van der Waals surface area contributed by atoms with Gasteiger partial charge in [0.2, 0.25) is 11.8 Å². The number of benzene rings is 2. The number of carbonyl (C=O) groups excluding carboxylic acids is 2. The standard InChI is InChI=1S/C24H27F2N3O3/c1-24-9-10-29(2)20(11-14-3-5-16(30)13-17(14)24)23(24)28-22(32)8-7-21(31)27-19-6-4-15(25)12-18(19)26/h3-6,12-13,20,23,30H,7-11H2,1-2H3,(H,27,31)(H,28,32)/t20-,23+,24?/m1/s1. The molecule has 1 aliphatic heterocycles. The molecule has 1 heterocycles. The largest absolute Gasteiger partial charge is 0.508 e. The third kappa shape index (κ3) is 4.19. The van der Waals surface area contributed by atoms with Crippen molar-refractivity contribution in [2.75, 3.05) is 18.9 Å². The van der Waals surface area contributed by atoms with E-state index >= 15 is 0 Å². The van der Waals surface area contributed by atoms with Crippen LogP contribution in [0.1, 0.15) is 37.3 Å². The summed E-state index contributed by atoms with van der Waals surface area (Å²) in [4.78, 5) is 27.2. The lowest BCUT2D eigenvalue weighted by Crippen LogP contribution is -2.67. The normalized spacial score (nSPS) is 24.5. The van der Waals surface area contributed by atoms with Crippen molar-refractivity contribution in [2.24, 2.45) is 0 Å². The van der Waals surface area contributed by atoms with Crippen LogP contribution in [0.25, 0.3) is 0 Å². The minimum absolute atomic E-state index is 0.0510. The third-order valence-electron chi connectivity index (χ3n) is 6.86. The number of piperidine rings is 1. The number of amides is 2. The Morgan fingerprint density at radius 3 is 2.66 bits per heavy atom. The number of phenols is 1. The van der Waals surface area contributed by atoms with Crippen LogP contribution in [0.2, 0.25) is 0 Å². The van der Waals surface area contributed by atoms with Crippen molar-refractivity contribution >= 4 is 17.5 Å². The molecule has 1 saturated heterocycles. The molecule has 3 N–H and O–H groups in total. The van der Waals surface area contributed by atoms with E-state index in [1.54, 1.807) is 12.1 Å². The van der Waals surface area contributed by atoms with Crippen LogP contribution >= 0.6 is 0 Å². The molecule has 2 aliphatic rings. The summed E-state index contributed by atoms with van der Waals surface area (Å²) in [5.41, 5.74) is 1.77. The molecule has 0 saturated carbocycles. The molecule has 170 valence electrons. The number of aromatic hydroxyl groups is 1. The summed E-state index contributed by atoms with van der Waals surface area (Å²) in [6.45, 7) is 2.99. The Labute approximate surface area is 185 Å². The maximum atomic E-state index is 13.7. The highest BCUT2D eigenvalue weighted by Gasteiger charge is 2.50. The van der Waals surface area contributed by atoms with Crippen molar-refractivity contribution in [3.05, 3.63) is 59.2 Å². The lowest BCUT2D eigenvalue weighted by molar-refractivity contribution is -0.126. The van der Waals surface area contributed by atoms with Crippen molar-refractivity contribution in [2.45, 2.75) is 50.1 Å². The first kappa shape index (κ1) is 22.2. The van der Waals surface area contributed by atoms with Crippen molar-refractivity contribution < 1.29 is 23.5 Å². The number of nitrogens with zero attached hydrogens (tertiary/aromatic N) is 1. The smallest absolute Gasteiger partial charge is 0.224 e. The second-order valence-electron chi connectivity index (χ2n) is 8.98. The first-order chi connectivity index (χ1) is 15.2. The maximum absolute atomic E-state index is 13.7. The maximum Gasteiger partial charge on any atom is 0.224 e. The minimum Gasteiger partial charge on any atom is -0.508 e. The Bertz CT molecular complexity index is 1060. The molecular weight excluding hydrogens is 416 g/mol. The van der Waals surface area contributed by atoms with E-state index in [9.17, 15) is 23.5 Å². The first-order valence-electron chi connectivity index (χ1n) is 10.7. The molecule has 3 atom stereocenters. The highest BCUT2D eigenvalue weighted by Crippen LogP contribution is 2.45. The highest BCUT2D eigenvalue weighted by atomic mass is 19.1. The number of rotatable bonds is 5. The van der Waals surface area contributed by atoms with Crippen LogP contribution in [0, 0.1) is 11.6 Å². The van der Waals surface area contributed by atoms with Gasteiger partial charge in [-0.15, -0.1) is 0 Å². The molecule has 32 heavy (non-hydrogen) atoms. The molecule has 2 aromatic rings. The molecule has 0 spiro atoms. The van der Waals surface area contributed by atoms with Gasteiger partial charge >= 0.3 is 0 Å². The summed E-state index contributed by atoms with van der Waals surface area (Å²) < 4.78 is 26.7. The lowest BCUT2D eigenvalue weighted by atomic mass is 9.61. The highest BCUT2D eigenvalue weighted by molar-refractivity contribution is 5.93. The van der Waals surface area contributed by atoms with E-state index in [-0.39, 0.29) is 47.7 Å². The van der Waals surface area contributed by atoms with Gasteiger partial charge in [0.1, 0.15) is 17.4 Å². The fourth-order valence-corrected chi connectivity index (χ4v) is 5.02. The van der Waals surface area contributed by atoms with Gasteiger partial charge in [-0.1, -0.05) is 13.0 Å². The number of halogens is 2. The van der Waals surface area contributed by atoms with Crippen LogP contribution < -0.4 is 10.6 Å². The molecule has 6 nitrogen and oxygen atoms in total. The molecule has 2 bridgehead atoms. The van der Waals surface area contributed by atoms with Gasteiger partial charge in [0.25, 0.3) is 0 Å². The molecule has 4 rings (SSSR count). The van der Waals surface area contributed by atoms with Crippen molar-refractivity contribution in [3.8, 4) is 5.75 Å². The number of likely N-dealkylation sites (tertiary alicyclic amines) is 1. The van der Waals surface area contributed by atoms with Gasteiger partial charge in [0, 0.05) is 30.4 Å². The molecule has 0 aromatic heterocycles. The summed E-state index contributed by atoms with van der Waals surface area (Å²) in [6.07, 6.45) is 1.41. The van der Waals surface area contributed by atoms with Crippen LogP contribution in [0.3, 0.4) is 0 Å². The zero-order valence-electron chi connectivity index (χ0n) is 18.1. The van der Waals surface area contributed by atoms with Gasteiger partial charge in [-0.2, -0.15) is 0 Å². The van der Waals surface area contributed by atoms with Crippen LogP contribution in [-0.4, -0.2) is 47.5 Å².